The van der Waals surface area contributed by atoms with Crippen LogP contribution in [0.4, 0.5) is 0 Å². The molecular formula is C42H25N3S. The lowest BCUT2D eigenvalue weighted by atomic mass is 10.0. The Balaban J connectivity index is 1.30. The summed E-state index contributed by atoms with van der Waals surface area (Å²) in [6.45, 7) is 0. The summed E-state index contributed by atoms with van der Waals surface area (Å²) < 4.78 is 91.1. The van der Waals surface area contributed by atoms with Gasteiger partial charge in [-0.2, -0.15) is 0 Å². The zero-order chi connectivity index (χ0) is 38.9. The summed E-state index contributed by atoms with van der Waals surface area (Å²) in [6, 6.07) is 24.9. The van der Waals surface area contributed by atoms with Crippen LogP contribution in [0.25, 0.3) is 92.0 Å². The molecule has 10 aromatic rings. The molecule has 214 valence electrons. The summed E-state index contributed by atoms with van der Waals surface area (Å²) in [6.07, 6.45) is 0. The lowest BCUT2D eigenvalue weighted by molar-refractivity contribution is 1.19. The fourth-order valence-corrected chi connectivity index (χ4v) is 7.64. The van der Waals surface area contributed by atoms with E-state index < -0.39 is 54.4 Å². The van der Waals surface area contributed by atoms with Crippen LogP contribution < -0.4 is 0 Å². The molecule has 0 saturated carbocycles. The molecule has 0 spiro atoms. The highest BCUT2D eigenvalue weighted by Crippen LogP contribution is 2.43. The second kappa shape index (κ2) is 9.83. The van der Waals surface area contributed by atoms with Crippen molar-refractivity contribution in [2.24, 2.45) is 0 Å². The molecule has 7 aromatic carbocycles. The Bertz CT molecular complexity index is 3380. The van der Waals surface area contributed by atoms with Crippen molar-refractivity contribution >= 4 is 75.0 Å². The number of thiophene rings is 1. The molecule has 0 bridgehead atoms. The molecule has 0 aliphatic carbocycles. The minimum Gasteiger partial charge on any atom is -0.309 e. The highest BCUT2D eigenvalue weighted by molar-refractivity contribution is 7.26. The molecule has 0 saturated heterocycles. The van der Waals surface area contributed by atoms with E-state index in [1.807, 2.05) is 84.9 Å². The fraction of sp³-hybridized carbons (Fsp3) is 0. The van der Waals surface area contributed by atoms with Crippen LogP contribution in [-0.2, 0) is 0 Å². The van der Waals surface area contributed by atoms with Crippen molar-refractivity contribution < 1.29 is 13.7 Å². The van der Waals surface area contributed by atoms with Crippen LogP contribution in [0.1, 0.15) is 13.7 Å². The summed E-state index contributed by atoms with van der Waals surface area (Å²) in [7, 11) is 0. The predicted molar refractivity (Wildman–Crippen MR) is 195 cm³/mol. The molecule has 0 fully saturated rings. The third-order valence-corrected chi connectivity index (χ3v) is 9.59. The van der Waals surface area contributed by atoms with Gasteiger partial charge in [0.05, 0.1) is 36.0 Å². The Morgan fingerprint density at radius 1 is 0.587 bits per heavy atom. The smallest absolute Gasteiger partial charge is 0.161 e. The summed E-state index contributed by atoms with van der Waals surface area (Å²) in [5.74, 6) is 0.560. The first-order valence-electron chi connectivity index (χ1n) is 19.7. The highest BCUT2D eigenvalue weighted by Gasteiger charge is 2.19. The van der Waals surface area contributed by atoms with Crippen molar-refractivity contribution in [2.75, 3.05) is 0 Å². The van der Waals surface area contributed by atoms with Gasteiger partial charge in [0, 0.05) is 58.5 Å². The zero-order valence-electron chi connectivity index (χ0n) is 33.9. The lowest BCUT2D eigenvalue weighted by Crippen LogP contribution is -1.95. The first-order valence-corrected chi connectivity index (χ1v) is 15.5. The van der Waals surface area contributed by atoms with E-state index in [0.717, 1.165) is 47.9 Å². The second-order valence-corrected chi connectivity index (χ2v) is 12.1. The van der Waals surface area contributed by atoms with E-state index in [9.17, 15) is 0 Å². The van der Waals surface area contributed by atoms with Gasteiger partial charge >= 0.3 is 0 Å². The van der Waals surface area contributed by atoms with Crippen LogP contribution in [0.5, 0.6) is 0 Å². The van der Waals surface area contributed by atoms with Crippen molar-refractivity contribution in [1.82, 2.24) is 14.5 Å². The second-order valence-electron chi connectivity index (χ2n) is 11.0. The zero-order valence-corrected chi connectivity index (χ0v) is 24.7. The maximum absolute atomic E-state index is 9.12. The molecule has 0 unspecified atom stereocenters. The molecule has 0 aliphatic rings. The molecule has 3 heterocycles. The van der Waals surface area contributed by atoms with E-state index in [1.54, 1.807) is 10.6 Å². The van der Waals surface area contributed by atoms with E-state index >= 15 is 0 Å². The van der Waals surface area contributed by atoms with Crippen LogP contribution in [0, 0.1) is 0 Å². The number of nitrogens with zero attached hydrogens (tertiary/aromatic N) is 3. The van der Waals surface area contributed by atoms with Crippen molar-refractivity contribution in [1.29, 1.82) is 0 Å². The van der Waals surface area contributed by atoms with Gasteiger partial charge < -0.3 is 4.57 Å². The van der Waals surface area contributed by atoms with Gasteiger partial charge in [-0.05, 0) is 35.7 Å². The van der Waals surface area contributed by atoms with Crippen LogP contribution >= 0.6 is 11.3 Å². The van der Waals surface area contributed by atoms with Crippen LogP contribution in [-0.4, -0.2) is 14.5 Å². The van der Waals surface area contributed by atoms with Crippen LogP contribution in [0.15, 0.2) is 151 Å². The van der Waals surface area contributed by atoms with E-state index in [1.165, 1.54) is 11.3 Å². The molecule has 0 atom stereocenters. The first-order chi connectivity index (χ1) is 27.0. The van der Waals surface area contributed by atoms with Crippen LogP contribution in [0.3, 0.4) is 0 Å². The summed E-state index contributed by atoms with van der Waals surface area (Å²) in [4.78, 5) is 10.2. The molecule has 0 aliphatic heterocycles. The Morgan fingerprint density at radius 2 is 1.41 bits per heavy atom. The Kier molecular flexibility index (Phi) is 3.76. The standard InChI is InChI=1S/C42H25N3S/c1-2-12-27(13-3-1)40-32-16-6-8-18-35(32)43-42(44-40)34-17-10-20-37-39(34)33-24-22-28(25-38(33)46-37)45-36-19-9-7-15-30(36)31-23-21-26-11-4-5-14-29(26)41(31)45/h1-25H/i4D,5D,7D,9D,11D,14D,15D,19D,21D,23D. The molecule has 4 heteroatoms. The van der Waals surface area contributed by atoms with Crippen molar-refractivity contribution in [2.45, 2.75) is 0 Å². The third-order valence-electron chi connectivity index (χ3n) is 8.47. The SMILES string of the molecule is [2H]c1c([2H])c([2H])c2c(c1[2H])c([2H])c([2H])c1c3c([2H])c([2H])c([2H])c([2H])c3n(-c3ccc4c(c3)sc3cccc(-c5nc(-c6ccccc6)c6ccccc6n5)c34)c21. The molecular weight excluding hydrogens is 579 g/mol. The van der Waals surface area contributed by atoms with Gasteiger partial charge in [0.15, 0.2) is 5.82 Å². The van der Waals surface area contributed by atoms with Gasteiger partial charge in [0.1, 0.15) is 0 Å². The molecule has 0 N–H and O–H groups in total. The maximum atomic E-state index is 9.12. The summed E-state index contributed by atoms with van der Waals surface area (Å²) >= 11 is 1.52. The topological polar surface area (TPSA) is 30.7 Å². The van der Waals surface area contributed by atoms with Crippen molar-refractivity contribution in [3.8, 4) is 28.3 Å². The minimum atomic E-state index is -0.546. The Morgan fingerprint density at radius 3 is 2.35 bits per heavy atom. The number of hydrogen-bond acceptors (Lipinski definition) is 3. The molecule has 46 heavy (non-hydrogen) atoms. The predicted octanol–water partition coefficient (Wildman–Crippen LogP) is 11.6. The Hall–Kier alpha value is -5.84. The number of benzene rings is 7. The molecule has 0 radical (unpaired) electrons. The number of fused-ring (bicyclic) bond motifs is 9. The summed E-state index contributed by atoms with van der Waals surface area (Å²) in [5, 5.41) is 2.57. The van der Waals surface area contributed by atoms with Gasteiger partial charge in [0.2, 0.25) is 0 Å². The van der Waals surface area contributed by atoms with Gasteiger partial charge in [-0.3, -0.25) is 0 Å². The minimum absolute atomic E-state index is 0.000193. The maximum Gasteiger partial charge on any atom is 0.161 e. The third kappa shape index (κ3) is 3.71. The monoisotopic (exact) mass is 613 g/mol. The number of aromatic nitrogens is 3. The average molecular weight is 614 g/mol. The van der Waals surface area contributed by atoms with Gasteiger partial charge in [-0.15, -0.1) is 11.3 Å². The normalized spacial score (nSPS) is 15.0. The molecule has 10 rings (SSSR count). The van der Waals surface area contributed by atoms with Gasteiger partial charge in [-0.25, -0.2) is 9.97 Å². The number of hydrogen-bond donors (Lipinski definition) is 0. The fourth-order valence-electron chi connectivity index (χ4n) is 6.48. The largest absolute Gasteiger partial charge is 0.309 e. The molecule has 3 nitrogen and oxygen atoms in total. The van der Waals surface area contributed by atoms with Gasteiger partial charge in [-0.1, -0.05) is 121 Å². The van der Waals surface area contributed by atoms with E-state index in [-0.39, 0.29) is 38.6 Å². The van der Waals surface area contributed by atoms with E-state index in [4.69, 9.17) is 23.7 Å². The van der Waals surface area contributed by atoms with Crippen molar-refractivity contribution in [3.05, 3.63) is 151 Å². The highest BCUT2D eigenvalue weighted by atomic mass is 32.1. The molecule has 0 amide bonds. The number of rotatable bonds is 3. The lowest BCUT2D eigenvalue weighted by Gasteiger charge is -2.11. The van der Waals surface area contributed by atoms with E-state index in [0.29, 0.717) is 11.5 Å². The van der Waals surface area contributed by atoms with Crippen LogP contribution in [0.2, 0.25) is 0 Å². The van der Waals surface area contributed by atoms with Gasteiger partial charge in [0.25, 0.3) is 0 Å². The molecule has 3 aromatic heterocycles. The Labute approximate surface area is 282 Å². The quantitative estimate of drug-likeness (QED) is 0.198. The summed E-state index contributed by atoms with van der Waals surface area (Å²) in [5.41, 5.74) is 4.02. The average Bonchev–Trinajstić information content (AvgIpc) is 3.78. The van der Waals surface area contributed by atoms with E-state index in [2.05, 4.69) is 0 Å². The first kappa shape index (κ1) is 17.6. The van der Waals surface area contributed by atoms with Crippen molar-refractivity contribution in [3.63, 3.8) is 0 Å². The number of para-hydroxylation sites is 2.